The van der Waals surface area contributed by atoms with Crippen molar-refractivity contribution in [2.45, 2.75) is 6.92 Å². The summed E-state index contributed by atoms with van der Waals surface area (Å²) >= 11 is 0. The molecule has 0 aliphatic heterocycles. The zero-order valence-electron chi connectivity index (χ0n) is 8.01. The molecule has 0 aromatic carbocycles. The van der Waals surface area contributed by atoms with Crippen LogP contribution in [0.4, 0.5) is 0 Å². The first-order valence-corrected chi connectivity index (χ1v) is 3.82. The van der Waals surface area contributed by atoms with Gasteiger partial charge in [0.2, 0.25) is 0 Å². The molecule has 86 valence electrons. The van der Waals surface area contributed by atoms with Gasteiger partial charge in [-0.25, -0.2) is 0 Å². The maximum absolute atomic E-state index is 9.47. The summed E-state index contributed by atoms with van der Waals surface area (Å²) in [6, 6.07) is 0. The molecule has 0 unspecified atom stereocenters. The lowest BCUT2D eigenvalue weighted by molar-refractivity contribution is -0.141. The van der Waals surface area contributed by atoms with Gasteiger partial charge in [-0.15, -0.1) is 0 Å². The maximum Gasteiger partial charge on any atom is 0.321 e. The first-order valence-electron chi connectivity index (χ1n) is 3.82. The fourth-order valence-electron chi connectivity index (χ4n) is 0.300. The molecule has 0 aromatic rings. The highest BCUT2D eigenvalue weighted by Gasteiger charge is 2.26. The van der Waals surface area contributed by atoms with Crippen LogP contribution in [0.2, 0.25) is 0 Å². The van der Waals surface area contributed by atoms with Crippen LogP contribution in [0.15, 0.2) is 0 Å². The number of rotatable bonds is 4. The van der Waals surface area contributed by atoms with Gasteiger partial charge >= 0.3 is 5.97 Å². The van der Waals surface area contributed by atoms with Crippen LogP contribution < -0.4 is 5.90 Å². The number of carbonyl (C=O) groups is 1. The molecule has 0 spiro atoms. The van der Waals surface area contributed by atoms with Crippen molar-refractivity contribution in [3.63, 3.8) is 0 Å². The topological polar surface area (TPSA) is 133 Å². The zero-order chi connectivity index (χ0) is 11.6. The monoisotopic (exact) mass is 211 g/mol. The van der Waals surface area contributed by atoms with E-state index in [9.17, 15) is 4.79 Å². The van der Waals surface area contributed by atoms with Crippen LogP contribution in [0, 0.1) is 5.41 Å². The second kappa shape index (κ2) is 8.85. The Morgan fingerprint density at radius 1 is 1.14 bits per heavy atom. The highest BCUT2D eigenvalue weighted by Crippen LogP contribution is 2.11. The van der Waals surface area contributed by atoms with E-state index in [1.807, 2.05) is 0 Å². The second-order valence-electron chi connectivity index (χ2n) is 2.74. The number of aliphatic hydroxyl groups is 4. The SMILES string of the molecule is CC(=O)ON.OCC(CO)(CO)CO. The minimum absolute atomic E-state index is 0.406. The molecule has 0 aliphatic rings. The van der Waals surface area contributed by atoms with E-state index in [2.05, 4.69) is 10.7 Å². The Kier molecular flexibility index (Phi) is 9.94. The summed E-state index contributed by atoms with van der Waals surface area (Å²) in [4.78, 5) is 13.1. The molecule has 0 rings (SSSR count). The average Bonchev–Trinajstić information content (AvgIpc) is 2.23. The molecule has 0 aliphatic carbocycles. The molecule has 0 saturated carbocycles. The summed E-state index contributed by atoms with van der Waals surface area (Å²) in [5.74, 6) is 3.85. The van der Waals surface area contributed by atoms with E-state index in [-0.39, 0.29) is 0 Å². The van der Waals surface area contributed by atoms with Gasteiger partial charge in [0.25, 0.3) is 0 Å². The lowest BCUT2D eigenvalue weighted by Gasteiger charge is -2.23. The van der Waals surface area contributed by atoms with Gasteiger partial charge in [-0.3, -0.25) is 4.79 Å². The van der Waals surface area contributed by atoms with Gasteiger partial charge in [0.15, 0.2) is 0 Å². The normalized spacial score (nSPS) is 10.1. The predicted molar refractivity (Wildman–Crippen MR) is 46.7 cm³/mol. The van der Waals surface area contributed by atoms with Crippen LogP contribution in [-0.2, 0) is 9.63 Å². The van der Waals surface area contributed by atoms with E-state index in [0.717, 1.165) is 0 Å². The van der Waals surface area contributed by atoms with E-state index >= 15 is 0 Å². The molecule has 0 amide bonds. The largest absolute Gasteiger partial charge is 0.396 e. The second-order valence-corrected chi connectivity index (χ2v) is 2.74. The van der Waals surface area contributed by atoms with Crippen LogP contribution in [0.25, 0.3) is 0 Å². The summed E-state index contributed by atoms with van der Waals surface area (Å²) in [7, 11) is 0. The van der Waals surface area contributed by atoms with Crippen molar-refractivity contribution in [2.24, 2.45) is 11.3 Å². The number of aliphatic hydroxyl groups excluding tert-OH is 4. The lowest BCUT2D eigenvalue weighted by atomic mass is 9.93. The highest BCUT2D eigenvalue weighted by molar-refractivity contribution is 5.65. The molecule has 0 fully saturated rings. The van der Waals surface area contributed by atoms with E-state index < -0.39 is 37.8 Å². The zero-order valence-corrected chi connectivity index (χ0v) is 8.01. The van der Waals surface area contributed by atoms with E-state index in [4.69, 9.17) is 20.4 Å². The standard InChI is InChI=1S/C5H12O4.C2H5NO2/c6-1-5(2-7,3-8)4-9;1-2(4)5-3/h6-9H,1-4H2;3H2,1H3. The van der Waals surface area contributed by atoms with E-state index in [1.54, 1.807) is 0 Å². The molecule has 7 heteroatoms. The molecule has 7 nitrogen and oxygen atoms in total. The summed E-state index contributed by atoms with van der Waals surface area (Å²) in [6.07, 6.45) is 0. The molecule has 14 heavy (non-hydrogen) atoms. The fourth-order valence-corrected chi connectivity index (χ4v) is 0.300. The average molecular weight is 211 g/mol. The summed E-state index contributed by atoms with van der Waals surface area (Å²) in [6.45, 7) is -0.389. The molecule has 0 heterocycles. The molecular weight excluding hydrogens is 194 g/mol. The molecule has 0 bridgehead atoms. The van der Waals surface area contributed by atoms with Crippen molar-refractivity contribution in [3.05, 3.63) is 0 Å². The van der Waals surface area contributed by atoms with Crippen molar-refractivity contribution in [1.82, 2.24) is 0 Å². The molecule has 6 N–H and O–H groups in total. The molecule has 0 radical (unpaired) electrons. The van der Waals surface area contributed by atoms with Crippen LogP contribution >= 0.6 is 0 Å². The third kappa shape index (κ3) is 6.75. The number of nitrogens with two attached hydrogens (primary N) is 1. The number of hydrogen-bond acceptors (Lipinski definition) is 7. The van der Waals surface area contributed by atoms with Gasteiger partial charge in [-0.2, -0.15) is 5.90 Å². The number of carbonyl (C=O) groups excluding carboxylic acids is 1. The molecular formula is C7H17NO6. The first kappa shape index (κ1) is 15.7. The van der Waals surface area contributed by atoms with E-state index in [0.29, 0.717) is 0 Å². The van der Waals surface area contributed by atoms with Crippen LogP contribution in [0.3, 0.4) is 0 Å². The summed E-state index contributed by atoms with van der Waals surface area (Å²) in [5.41, 5.74) is -1.11. The Bertz CT molecular complexity index is 130. The van der Waals surface area contributed by atoms with Gasteiger partial charge in [0.1, 0.15) is 0 Å². The van der Waals surface area contributed by atoms with Crippen molar-refractivity contribution < 1.29 is 30.1 Å². The van der Waals surface area contributed by atoms with Gasteiger partial charge in [0, 0.05) is 6.92 Å². The maximum atomic E-state index is 9.47. The van der Waals surface area contributed by atoms with E-state index in [1.165, 1.54) is 6.92 Å². The minimum atomic E-state index is -1.11. The first-order chi connectivity index (χ1) is 6.51. The van der Waals surface area contributed by atoms with Gasteiger partial charge in [-0.1, -0.05) is 0 Å². The predicted octanol–water partition coefficient (Wildman–Crippen LogP) is -2.63. The van der Waals surface area contributed by atoms with Crippen molar-refractivity contribution >= 4 is 5.97 Å². The fraction of sp³-hybridized carbons (Fsp3) is 0.857. The quantitative estimate of drug-likeness (QED) is 0.321. The van der Waals surface area contributed by atoms with Gasteiger partial charge < -0.3 is 25.3 Å². The van der Waals surface area contributed by atoms with Crippen molar-refractivity contribution in [3.8, 4) is 0 Å². The Hall–Kier alpha value is -0.730. The Morgan fingerprint density at radius 3 is 1.36 bits per heavy atom. The Balaban J connectivity index is 0. The smallest absolute Gasteiger partial charge is 0.321 e. The van der Waals surface area contributed by atoms with Crippen molar-refractivity contribution in [1.29, 1.82) is 0 Å². The molecule has 0 saturated heterocycles. The van der Waals surface area contributed by atoms with Crippen LogP contribution in [0.5, 0.6) is 0 Å². The van der Waals surface area contributed by atoms with Gasteiger partial charge in [-0.05, 0) is 0 Å². The summed E-state index contributed by atoms with van der Waals surface area (Å²) < 4.78 is 0. The minimum Gasteiger partial charge on any atom is -0.396 e. The Labute approximate surface area is 81.7 Å². The third-order valence-electron chi connectivity index (χ3n) is 1.51. The van der Waals surface area contributed by atoms with Gasteiger partial charge in [0.05, 0.1) is 31.8 Å². The lowest BCUT2D eigenvalue weighted by Crippen LogP contribution is -2.37. The van der Waals surface area contributed by atoms with Crippen LogP contribution in [0.1, 0.15) is 6.92 Å². The Morgan fingerprint density at radius 2 is 1.36 bits per heavy atom. The van der Waals surface area contributed by atoms with Crippen LogP contribution in [-0.4, -0.2) is 52.8 Å². The summed E-state index contributed by atoms with van der Waals surface area (Å²) in [5, 5.41) is 34.0. The highest BCUT2D eigenvalue weighted by atomic mass is 16.7. The number of hydrogen-bond donors (Lipinski definition) is 5. The molecule has 0 atom stereocenters. The van der Waals surface area contributed by atoms with Crippen molar-refractivity contribution in [2.75, 3.05) is 26.4 Å². The molecule has 0 aromatic heterocycles. The third-order valence-corrected chi connectivity index (χ3v) is 1.51.